The van der Waals surface area contributed by atoms with Crippen molar-refractivity contribution in [3.8, 4) is 0 Å². The van der Waals surface area contributed by atoms with Crippen LogP contribution in [0.1, 0.15) is 30.1 Å². The molecule has 2 heterocycles. The third-order valence-electron chi connectivity index (χ3n) is 6.49. The van der Waals surface area contributed by atoms with E-state index < -0.39 is 24.0 Å². The Morgan fingerprint density at radius 2 is 1.74 bits per heavy atom. The summed E-state index contributed by atoms with van der Waals surface area (Å²) in [6.07, 6.45) is 1.42. The van der Waals surface area contributed by atoms with E-state index in [1.54, 1.807) is 21.9 Å². The van der Waals surface area contributed by atoms with E-state index in [0.717, 1.165) is 18.8 Å². The van der Waals surface area contributed by atoms with Crippen LogP contribution in [-0.4, -0.2) is 99.5 Å². The van der Waals surface area contributed by atoms with Crippen molar-refractivity contribution >= 4 is 29.4 Å². The number of piperidine rings is 1. The molecule has 186 valence electrons. The quantitative estimate of drug-likeness (QED) is 0.563. The van der Waals surface area contributed by atoms with Gasteiger partial charge in [0.25, 0.3) is 5.91 Å². The van der Waals surface area contributed by atoms with Crippen LogP contribution in [0.2, 0.25) is 0 Å². The van der Waals surface area contributed by atoms with E-state index in [0.29, 0.717) is 24.9 Å². The minimum atomic E-state index is -0.881. The fourth-order valence-corrected chi connectivity index (χ4v) is 4.39. The standard InChI is InChI=1S/C24H35N5O5/c1-16(24(33)34-4)26-21(30)20-15-28(22(31)17-5-7-19(8-6-17)27(2)3)13-14-29(20)23(32)18-9-11-25-12-10-18/h5-8,16,18,20,25H,9-15H2,1-4H3,(H,26,30)/t16-,20+/m1/s1. The first-order chi connectivity index (χ1) is 16.2. The molecular formula is C24H35N5O5. The highest BCUT2D eigenvalue weighted by molar-refractivity contribution is 5.96. The van der Waals surface area contributed by atoms with Crippen LogP contribution in [0.5, 0.6) is 0 Å². The van der Waals surface area contributed by atoms with E-state index in [1.807, 2.05) is 31.1 Å². The van der Waals surface area contributed by atoms with Crippen molar-refractivity contribution < 1.29 is 23.9 Å². The number of piperazine rings is 1. The lowest BCUT2D eigenvalue weighted by atomic mass is 9.95. The molecule has 34 heavy (non-hydrogen) atoms. The van der Waals surface area contributed by atoms with E-state index in [1.165, 1.54) is 14.0 Å². The topological polar surface area (TPSA) is 111 Å². The maximum absolute atomic E-state index is 13.3. The first-order valence-corrected chi connectivity index (χ1v) is 11.7. The van der Waals surface area contributed by atoms with Crippen LogP contribution in [0.3, 0.4) is 0 Å². The molecule has 10 heteroatoms. The molecule has 0 bridgehead atoms. The minimum absolute atomic E-state index is 0.0602. The number of ether oxygens (including phenoxy) is 1. The fourth-order valence-electron chi connectivity index (χ4n) is 4.39. The van der Waals surface area contributed by atoms with Gasteiger partial charge in [0.2, 0.25) is 11.8 Å². The number of hydrogen-bond acceptors (Lipinski definition) is 7. The summed E-state index contributed by atoms with van der Waals surface area (Å²) in [6.45, 7) is 3.70. The third-order valence-corrected chi connectivity index (χ3v) is 6.49. The maximum atomic E-state index is 13.3. The summed E-state index contributed by atoms with van der Waals surface area (Å²) in [5.74, 6) is -1.47. The van der Waals surface area contributed by atoms with Crippen molar-refractivity contribution in [3.05, 3.63) is 29.8 Å². The predicted molar refractivity (Wildman–Crippen MR) is 127 cm³/mol. The Morgan fingerprint density at radius 3 is 2.32 bits per heavy atom. The lowest BCUT2D eigenvalue weighted by Crippen LogP contribution is -2.63. The Bertz CT molecular complexity index is 898. The number of nitrogens with zero attached hydrogens (tertiary/aromatic N) is 3. The molecule has 2 aliphatic rings. The summed E-state index contributed by atoms with van der Waals surface area (Å²) < 4.78 is 4.70. The first kappa shape index (κ1) is 25.5. The third kappa shape index (κ3) is 5.85. The number of rotatable bonds is 6. The van der Waals surface area contributed by atoms with E-state index in [2.05, 4.69) is 10.6 Å². The highest BCUT2D eigenvalue weighted by Crippen LogP contribution is 2.22. The molecule has 0 spiro atoms. The lowest BCUT2D eigenvalue weighted by Gasteiger charge is -2.42. The Kier molecular flexibility index (Phi) is 8.49. The maximum Gasteiger partial charge on any atom is 0.328 e. The van der Waals surface area contributed by atoms with Crippen LogP contribution in [0.15, 0.2) is 24.3 Å². The van der Waals surface area contributed by atoms with Gasteiger partial charge in [-0.25, -0.2) is 4.79 Å². The Labute approximate surface area is 200 Å². The van der Waals surface area contributed by atoms with Crippen LogP contribution in [-0.2, 0) is 19.1 Å². The number of esters is 1. The monoisotopic (exact) mass is 473 g/mol. The molecular weight excluding hydrogens is 438 g/mol. The largest absolute Gasteiger partial charge is 0.467 e. The van der Waals surface area contributed by atoms with Crippen LogP contribution in [0.4, 0.5) is 5.69 Å². The molecule has 2 atom stereocenters. The molecule has 1 aromatic rings. The van der Waals surface area contributed by atoms with Crippen molar-refractivity contribution in [3.63, 3.8) is 0 Å². The number of carbonyl (C=O) groups excluding carboxylic acids is 4. The summed E-state index contributed by atoms with van der Waals surface area (Å²) in [5, 5.41) is 5.89. The molecule has 0 unspecified atom stereocenters. The Hall–Kier alpha value is -3.14. The average Bonchev–Trinajstić information content (AvgIpc) is 2.87. The summed E-state index contributed by atoms with van der Waals surface area (Å²) >= 11 is 0. The van der Waals surface area contributed by atoms with Gasteiger partial charge in [0, 0.05) is 44.4 Å². The molecule has 2 aliphatic heterocycles. The fraction of sp³-hybridized carbons (Fsp3) is 0.583. The second-order valence-corrected chi connectivity index (χ2v) is 9.02. The second-order valence-electron chi connectivity index (χ2n) is 9.02. The van der Waals surface area contributed by atoms with Gasteiger partial charge in [-0.1, -0.05) is 0 Å². The highest BCUT2D eigenvalue weighted by atomic mass is 16.5. The molecule has 0 saturated carbocycles. The first-order valence-electron chi connectivity index (χ1n) is 11.7. The summed E-state index contributed by atoms with van der Waals surface area (Å²) in [4.78, 5) is 56.6. The van der Waals surface area contributed by atoms with Crippen LogP contribution in [0.25, 0.3) is 0 Å². The highest BCUT2D eigenvalue weighted by Gasteiger charge is 2.40. The van der Waals surface area contributed by atoms with Gasteiger partial charge in [0.05, 0.1) is 13.7 Å². The minimum Gasteiger partial charge on any atom is -0.467 e. The number of benzene rings is 1. The number of amides is 3. The number of methoxy groups -OCH3 is 1. The molecule has 0 radical (unpaired) electrons. The van der Waals surface area contributed by atoms with E-state index >= 15 is 0 Å². The predicted octanol–water partition coefficient (Wildman–Crippen LogP) is 0.0829. The number of anilines is 1. The molecule has 0 aromatic heterocycles. The molecule has 2 fully saturated rings. The molecule has 2 saturated heterocycles. The Morgan fingerprint density at radius 1 is 1.09 bits per heavy atom. The van der Waals surface area contributed by atoms with Gasteiger partial charge in [-0.2, -0.15) is 0 Å². The van der Waals surface area contributed by atoms with Gasteiger partial charge in [-0.3, -0.25) is 14.4 Å². The van der Waals surface area contributed by atoms with Gasteiger partial charge >= 0.3 is 5.97 Å². The van der Waals surface area contributed by atoms with Gasteiger partial charge in [-0.05, 0) is 57.1 Å². The van der Waals surface area contributed by atoms with Crippen molar-refractivity contribution in [2.45, 2.75) is 31.8 Å². The normalized spacial score (nSPS) is 19.8. The molecule has 3 rings (SSSR count). The van der Waals surface area contributed by atoms with E-state index in [9.17, 15) is 19.2 Å². The summed E-state index contributed by atoms with van der Waals surface area (Å²) in [5.41, 5.74) is 1.49. The molecule has 3 amide bonds. The van der Waals surface area contributed by atoms with Gasteiger partial charge < -0.3 is 30.1 Å². The van der Waals surface area contributed by atoms with Crippen molar-refractivity contribution in [1.82, 2.24) is 20.4 Å². The summed E-state index contributed by atoms with van der Waals surface area (Å²) in [6, 6.07) is 5.52. The number of hydrogen-bond donors (Lipinski definition) is 2. The van der Waals surface area contributed by atoms with Crippen LogP contribution < -0.4 is 15.5 Å². The zero-order valence-electron chi connectivity index (χ0n) is 20.4. The smallest absolute Gasteiger partial charge is 0.328 e. The second kappa shape index (κ2) is 11.3. The average molecular weight is 474 g/mol. The van der Waals surface area contributed by atoms with Crippen molar-refractivity contribution in [2.24, 2.45) is 5.92 Å². The van der Waals surface area contributed by atoms with E-state index in [4.69, 9.17) is 4.74 Å². The van der Waals surface area contributed by atoms with Crippen molar-refractivity contribution in [2.75, 3.05) is 58.8 Å². The number of carbonyl (C=O) groups is 4. The van der Waals surface area contributed by atoms with Gasteiger partial charge in [-0.15, -0.1) is 0 Å². The van der Waals surface area contributed by atoms with Crippen LogP contribution in [0, 0.1) is 5.92 Å². The zero-order valence-corrected chi connectivity index (χ0v) is 20.4. The van der Waals surface area contributed by atoms with Crippen LogP contribution >= 0.6 is 0 Å². The Balaban J connectivity index is 1.78. The van der Waals surface area contributed by atoms with Gasteiger partial charge in [0.1, 0.15) is 12.1 Å². The molecule has 1 aromatic carbocycles. The van der Waals surface area contributed by atoms with E-state index in [-0.39, 0.29) is 30.8 Å². The molecule has 10 nitrogen and oxygen atoms in total. The van der Waals surface area contributed by atoms with Gasteiger partial charge in [0.15, 0.2) is 0 Å². The molecule has 0 aliphatic carbocycles. The van der Waals surface area contributed by atoms with Crippen molar-refractivity contribution in [1.29, 1.82) is 0 Å². The SMILES string of the molecule is COC(=O)[C@@H](C)NC(=O)[C@@H]1CN(C(=O)c2ccc(N(C)C)cc2)CCN1C(=O)C1CCNCC1. The number of nitrogens with one attached hydrogen (secondary N) is 2. The lowest BCUT2D eigenvalue weighted by molar-refractivity contribution is -0.149. The molecule has 2 N–H and O–H groups in total. The zero-order chi connectivity index (χ0) is 24.8. The summed E-state index contributed by atoms with van der Waals surface area (Å²) in [7, 11) is 5.10.